The smallest absolute Gasteiger partial charge is 0.251 e. The van der Waals surface area contributed by atoms with Crippen LogP contribution in [0.15, 0.2) is 72.8 Å². The number of carbonyl (C=O) groups is 1. The average Bonchev–Trinajstić information content (AvgIpc) is 2.85. The van der Waals surface area contributed by atoms with Gasteiger partial charge in [-0.25, -0.2) is 4.39 Å². The molecule has 0 saturated carbocycles. The van der Waals surface area contributed by atoms with E-state index in [1.54, 1.807) is 24.3 Å². The number of hydrogen-bond donors (Lipinski definition) is 1. The highest BCUT2D eigenvalue weighted by Gasteiger charge is 2.31. The number of hydrogen-bond acceptors (Lipinski definition) is 3. The molecule has 4 nitrogen and oxygen atoms in total. The number of carbonyl (C=O) groups excluding carboxylic acids is 1. The molecule has 0 spiro atoms. The predicted molar refractivity (Wildman–Crippen MR) is 134 cm³/mol. The van der Waals surface area contributed by atoms with Gasteiger partial charge < -0.3 is 15.0 Å². The van der Waals surface area contributed by atoms with Crippen molar-refractivity contribution in [3.8, 4) is 16.9 Å². The van der Waals surface area contributed by atoms with Crippen molar-refractivity contribution in [3.63, 3.8) is 0 Å². The highest BCUT2D eigenvalue weighted by molar-refractivity contribution is 5.94. The van der Waals surface area contributed by atoms with Gasteiger partial charge in [-0.1, -0.05) is 43.3 Å². The molecule has 0 aromatic heterocycles. The first-order valence-electron chi connectivity index (χ1n) is 12.0. The molecule has 5 heteroatoms. The van der Waals surface area contributed by atoms with E-state index in [9.17, 15) is 9.18 Å². The first-order chi connectivity index (χ1) is 16.4. The third kappa shape index (κ3) is 5.84. The third-order valence-electron chi connectivity index (χ3n) is 6.86. The molecule has 0 radical (unpaired) electrons. The summed E-state index contributed by atoms with van der Waals surface area (Å²) in [5.74, 6) is 0.458. The molecule has 4 rings (SSSR count). The third-order valence-corrected chi connectivity index (χ3v) is 6.86. The van der Waals surface area contributed by atoms with E-state index >= 15 is 0 Å². The van der Waals surface area contributed by atoms with Gasteiger partial charge in [-0.3, -0.25) is 4.79 Å². The van der Waals surface area contributed by atoms with Crippen molar-refractivity contribution in [3.05, 3.63) is 89.7 Å². The van der Waals surface area contributed by atoms with Gasteiger partial charge in [0.1, 0.15) is 17.7 Å². The Bertz CT molecular complexity index is 1100. The lowest BCUT2D eigenvalue weighted by atomic mass is 9.93. The molecule has 1 saturated heterocycles. The molecule has 1 fully saturated rings. The van der Waals surface area contributed by atoms with Crippen LogP contribution in [0.2, 0.25) is 0 Å². The van der Waals surface area contributed by atoms with E-state index in [0.717, 1.165) is 41.7 Å². The number of rotatable bonds is 7. The van der Waals surface area contributed by atoms with Gasteiger partial charge in [0, 0.05) is 24.2 Å². The predicted octanol–water partition coefficient (Wildman–Crippen LogP) is 6.06. The zero-order valence-electron chi connectivity index (χ0n) is 20.1. The summed E-state index contributed by atoms with van der Waals surface area (Å²) in [5, 5.41) is 2.99. The minimum atomic E-state index is -0.264. The number of benzene rings is 3. The van der Waals surface area contributed by atoms with Crippen LogP contribution in [0.5, 0.6) is 5.75 Å². The average molecular weight is 461 g/mol. The van der Waals surface area contributed by atoms with Crippen molar-refractivity contribution in [1.29, 1.82) is 0 Å². The van der Waals surface area contributed by atoms with E-state index in [4.69, 9.17) is 4.74 Å². The van der Waals surface area contributed by atoms with Gasteiger partial charge in [0.15, 0.2) is 0 Å². The Morgan fingerprint density at radius 3 is 2.38 bits per heavy atom. The highest BCUT2D eigenvalue weighted by Crippen LogP contribution is 2.27. The Kier molecular flexibility index (Phi) is 7.63. The fraction of sp³-hybridized carbons (Fsp3) is 0.345. The SMILES string of the molecule is CCC1CC(Oc2cccc(CNC(=O)c3ccc(-c4ccc(F)cc4)cc3)c2)CC(C)N1C. The summed E-state index contributed by atoms with van der Waals surface area (Å²) in [6, 6.07) is 22.7. The standard InChI is InChI=1S/C29H33FN2O2/c1-4-26-18-28(16-20(2)32(26)3)34-27-7-5-6-21(17-27)19-31-29(33)24-10-8-22(9-11-24)23-12-14-25(30)15-13-23/h5-15,17,20,26,28H,4,16,18-19H2,1-3H3,(H,31,33). The van der Waals surface area contributed by atoms with Crippen LogP contribution in [-0.4, -0.2) is 36.0 Å². The molecular weight excluding hydrogens is 427 g/mol. The van der Waals surface area contributed by atoms with E-state index in [2.05, 4.69) is 31.1 Å². The van der Waals surface area contributed by atoms with Crippen LogP contribution in [-0.2, 0) is 6.54 Å². The quantitative estimate of drug-likeness (QED) is 0.466. The van der Waals surface area contributed by atoms with Crippen molar-refractivity contribution in [1.82, 2.24) is 10.2 Å². The van der Waals surface area contributed by atoms with Crippen LogP contribution in [0.25, 0.3) is 11.1 Å². The van der Waals surface area contributed by atoms with Crippen molar-refractivity contribution in [2.45, 2.75) is 57.8 Å². The molecule has 1 aliphatic rings. The van der Waals surface area contributed by atoms with E-state index in [1.165, 1.54) is 12.1 Å². The van der Waals surface area contributed by atoms with E-state index < -0.39 is 0 Å². The largest absolute Gasteiger partial charge is 0.490 e. The summed E-state index contributed by atoms with van der Waals surface area (Å²) in [4.78, 5) is 15.1. The lowest BCUT2D eigenvalue weighted by Gasteiger charge is -2.41. The molecule has 3 unspecified atom stereocenters. The summed E-state index contributed by atoms with van der Waals surface area (Å²) < 4.78 is 19.5. The summed E-state index contributed by atoms with van der Waals surface area (Å²) in [6.07, 6.45) is 3.38. The van der Waals surface area contributed by atoms with Gasteiger partial charge in [-0.15, -0.1) is 0 Å². The first-order valence-corrected chi connectivity index (χ1v) is 12.0. The maximum Gasteiger partial charge on any atom is 0.251 e. The molecular formula is C29H33FN2O2. The zero-order valence-corrected chi connectivity index (χ0v) is 20.1. The number of nitrogens with one attached hydrogen (secondary N) is 1. The normalized spacial score (nSPS) is 20.6. The maximum atomic E-state index is 13.1. The van der Waals surface area contributed by atoms with Gasteiger partial charge in [-0.2, -0.15) is 0 Å². The van der Waals surface area contributed by atoms with Crippen molar-refractivity contribution < 1.29 is 13.9 Å². The molecule has 3 aromatic carbocycles. The second kappa shape index (κ2) is 10.8. The minimum absolute atomic E-state index is 0.132. The number of piperidine rings is 1. The Morgan fingerprint density at radius 2 is 1.71 bits per heavy atom. The van der Waals surface area contributed by atoms with Crippen LogP contribution in [0, 0.1) is 5.82 Å². The second-order valence-electron chi connectivity index (χ2n) is 9.20. The molecule has 3 atom stereocenters. The van der Waals surface area contributed by atoms with Gasteiger partial charge in [0.25, 0.3) is 5.91 Å². The first kappa shape index (κ1) is 24.0. The molecule has 178 valence electrons. The van der Waals surface area contributed by atoms with Crippen LogP contribution in [0.3, 0.4) is 0 Å². The van der Waals surface area contributed by atoms with Gasteiger partial charge in [-0.05, 0) is 86.3 Å². The highest BCUT2D eigenvalue weighted by atomic mass is 19.1. The Balaban J connectivity index is 1.33. The number of ether oxygens (including phenoxy) is 1. The molecule has 1 N–H and O–H groups in total. The topological polar surface area (TPSA) is 41.6 Å². The van der Waals surface area contributed by atoms with Crippen molar-refractivity contribution in [2.24, 2.45) is 0 Å². The van der Waals surface area contributed by atoms with Gasteiger partial charge >= 0.3 is 0 Å². The fourth-order valence-electron chi connectivity index (χ4n) is 4.69. The van der Waals surface area contributed by atoms with Crippen molar-refractivity contribution >= 4 is 5.91 Å². The maximum absolute atomic E-state index is 13.1. The summed E-state index contributed by atoms with van der Waals surface area (Å²) >= 11 is 0. The molecule has 3 aromatic rings. The van der Waals surface area contributed by atoms with Gasteiger partial charge in [0.05, 0.1) is 0 Å². The number of halogens is 1. The molecule has 1 aliphatic heterocycles. The molecule has 1 heterocycles. The fourth-order valence-corrected chi connectivity index (χ4v) is 4.69. The Labute approximate surface area is 201 Å². The van der Waals surface area contributed by atoms with Crippen LogP contribution in [0.4, 0.5) is 4.39 Å². The van der Waals surface area contributed by atoms with Crippen LogP contribution in [0.1, 0.15) is 49.0 Å². The summed E-state index contributed by atoms with van der Waals surface area (Å²) in [7, 11) is 2.20. The molecule has 0 bridgehead atoms. The monoisotopic (exact) mass is 460 g/mol. The van der Waals surface area contributed by atoms with E-state index in [0.29, 0.717) is 24.2 Å². The summed E-state index contributed by atoms with van der Waals surface area (Å²) in [6.45, 7) is 4.92. The zero-order chi connectivity index (χ0) is 24.1. The van der Waals surface area contributed by atoms with E-state index in [1.807, 2.05) is 36.4 Å². The molecule has 34 heavy (non-hydrogen) atoms. The van der Waals surface area contributed by atoms with Crippen LogP contribution >= 0.6 is 0 Å². The van der Waals surface area contributed by atoms with Gasteiger partial charge in [0.2, 0.25) is 0 Å². The summed E-state index contributed by atoms with van der Waals surface area (Å²) in [5.41, 5.74) is 3.44. The lowest BCUT2D eigenvalue weighted by Crippen LogP contribution is -2.48. The Morgan fingerprint density at radius 1 is 1.03 bits per heavy atom. The lowest BCUT2D eigenvalue weighted by molar-refractivity contribution is 0.0344. The van der Waals surface area contributed by atoms with Crippen LogP contribution < -0.4 is 10.1 Å². The molecule has 0 aliphatic carbocycles. The van der Waals surface area contributed by atoms with E-state index in [-0.39, 0.29) is 17.8 Å². The number of amides is 1. The molecule has 1 amide bonds. The number of nitrogens with zero attached hydrogens (tertiary/aromatic N) is 1. The Hall–Kier alpha value is -3.18. The van der Waals surface area contributed by atoms with Crippen molar-refractivity contribution in [2.75, 3.05) is 7.05 Å². The number of likely N-dealkylation sites (tertiary alicyclic amines) is 1. The second-order valence-corrected chi connectivity index (χ2v) is 9.20. The minimum Gasteiger partial charge on any atom is -0.490 e.